The standard InChI is InChI=1S/C24H22F2N2O4/c25-24(26)32-20-11-7-18(8-12-20)23(30)28(15-21-2-1-13-31-21)14-16-3-5-17(6-4-16)22(29)27-19-9-10-19/h1-8,11-13,19,24H,9-10,14-15H2,(H,27,29). The van der Waals surface area contributed by atoms with Crippen LogP contribution in [0.1, 0.15) is 44.9 Å². The lowest BCUT2D eigenvalue weighted by molar-refractivity contribution is -0.0498. The second-order valence-electron chi connectivity index (χ2n) is 7.59. The number of amides is 2. The van der Waals surface area contributed by atoms with Gasteiger partial charge in [0.15, 0.2) is 0 Å². The number of halogens is 2. The van der Waals surface area contributed by atoms with Crippen LogP contribution in [0.3, 0.4) is 0 Å². The predicted octanol–water partition coefficient (Wildman–Crippen LogP) is 4.62. The molecule has 0 aliphatic heterocycles. The second kappa shape index (κ2) is 9.64. The van der Waals surface area contributed by atoms with Gasteiger partial charge in [0.2, 0.25) is 0 Å². The van der Waals surface area contributed by atoms with E-state index >= 15 is 0 Å². The van der Waals surface area contributed by atoms with Gasteiger partial charge in [-0.2, -0.15) is 8.78 Å². The number of alkyl halides is 2. The minimum atomic E-state index is -2.93. The van der Waals surface area contributed by atoms with Crippen molar-refractivity contribution in [3.63, 3.8) is 0 Å². The highest BCUT2D eigenvalue weighted by molar-refractivity contribution is 5.95. The fourth-order valence-electron chi connectivity index (χ4n) is 3.23. The van der Waals surface area contributed by atoms with Crippen LogP contribution in [0.15, 0.2) is 71.3 Å². The predicted molar refractivity (Wildman–Crippen MR) is 112 cm³/mol. The van der Waals surface area contributed by atoms with E-state index in [-0.39, 0.29) is 36.7 Å². The van der Waals surface area contributed by atoms with Crippen molar-refractivity contribution in [3.8, 4) is 5.75 Å². The summed E-state index contributed by atoms with van der Waals surface area (Å²) in [5.41, 5.74) is 1.74. The zero-order chi connectivity index (χ0) is 22.5. The van der Waals surface area contributed by atoms with Crippen molar-refractivity contribution in [1.29, 1.82) is 0 Å². The maximum Gasteiger partial charge on any atom is 0.387 e. The topological polar surface area (TPSA) is 71.8 Å². The van der Waals surface area contributed by atoms with Crippen LogP contribution in [-0.2, 0) is 13.1 Å². The van der Waals surface area contributed by atoms with Gasteiger partial charge in [-0.25, -0.2) is 0 Å². The lowest BCUT2D eigenvalue weighted by Crippen LogP contribution is -2.30. The van der Waals surface area contributed by atoms with Crippen LogP contribution in [-0.4, -0.2) is 29.4 Å². The molecule has 6 nitrogen and oxygen atoms in total. The molecule has 2 aromatic carbocycles. The molecular weight excluding hydrogens is 418 g/mol. The molecule has 1 aromatic heterocycles. The van der Waals surface area contributed by atoms with E-state index in [9.17, 15) is 18.4 Å². The third kappa shape index (κ3) is 5.72. The molecule has 4 rings (SSSR count). The van der Waals surface area contributed by atoms with E-state index in [0.29, 0.717) is 16.9 Å². The van der Waals surface area contributed by atoms with Gasteiger partial charge in [-0.15, -0.1) is 0 Å². The molecule has 1 heterocycles. The molecule has 1 aliphatic rings. The smallest absolute Gasteiger partial charge is 0.387 e. The molecule has 0 unspecified atom stereocenters. The highest BCUT2D eigenvalue weighted by Crippen LogP contribution is 2.21. The molecule has 3 aromatic rings. The lowest BCUT2D eigenvalue weighted by Gasteiger charge is -2.22. The highest BCUT2D eigenvalue weighted by Gasteiger charge is 2.24. The quantitative estimate of drug-likeness (QED) is 0.527. The van der Waals surface area contributed by atoms with Crippen LogP contribution in [0, 0.1) is 0 Å². The maximum absolute atomic E-state index is 13.1. The van der Waals surface area contributed by atoms with E-state index in [1.807, 2.05) is 12.1 Å². The van der Waals surface area contributed by atoms with E-state index in [0.717, 1.165) is 18.4 Å². The van der Waals surface area contributed by atoms with E-state index in [1.165, 1.54) is 30.5 Å². The molecule has 1 saturated carbocycles. The Kier molecular flexibility index (Phi) is 6.49. The first-order valence-electron chi connectivity index (χ1n) is 10.2. The SMILES string of the molecule is O=C(NC1CC1)c1ccc(CN(Cc2ccco2)C(=O)c2ccc(OC(F)F)cc2)cc1. The van der Waals surface area contributed by atoms with Gasteiger partial charge < -0.3 is 19.4 Å². The molecule has 1 aliphatic carbocycles. The number of hydrogen-bond donors (Lipinski definition) is 1. The van der Waals surface area contributed by atoms with E-state index in [2.05, 4.69) is 10.1 Å². The van der Waals surface area contributed by atoms with Gasteiger partial charge in [0.1, 0.15) is 11.5 Å². The lowest BCUT2D eigenvalue weighted by atomic mass is 10.1. The molecule has 32 heavy (non-hydrogen) atoms. The van der Waals surface area contributed by atoms with Gasteiger partial charge in [-0.3, -0.25) is 9.59 Å². The molecule has 166 valence electrons. The minimum Gasteiger partial charge on any atom is -0.467 e. The summed E-state index contributed by atoms with van der Waals surface area (Å²) in [6.45, 7) is -2.42. The maximum atomic E-state index is 13.1. The normalized spacial score (nSPS) is 13.1. The van der Waals surface area contributed by atoms with Gasteiger partial charge in [0.05, 0.1) is 12.8 Å². The second-order valence-corrected chi connectivity index (χ2v) is 7.59. The third-order valence-corrected chi connectivity index (χ3v) is 5.04. The van der Waals surface area contributed by atoms with Crippen LogP contribution < -0.4 is 10.1 Å². The number of benzene rings is 2. The molecule has 0 saturated heterocycles. The largest absolute Gasteiger partial charge is 0.467 e. The molecule has 8 heteroatoms. The van der Waals surface area contributed by atoms with Crippen molar-refractivity contribution in [2.24, 2.45) is 0 Å². The first-order chi connectivity index (χ1) is 15.5. The van der Waals surface area contributed by atoms with Crippen molar-refractivity contribution >= 4 is 11.8 Å². The number of hydrogen-bond acceptors (Lipinski definition) is 4. The van der Waals surface area contributed by atoms with Crippen LogP contribution in [0.25, 0.3) is 0 Å². The monoisotopic (exact) mass is 440 g/mol. The van der Waals surface area contributed by atoms with E-state index < -0.39 is 6.61 Å². The van der Waals surface area contributed by atoms with E-state index in [4.69, 9.17) is 4.42 Å². The fourth-order valence-corrected chi connectivity index (χ4v) is 3.23. The molecule has 0 spiro atoms. The van der Waals surface area contributed by atoms with Crippen LogP contribution in [0.2, 0.25) is 0 Å². The summed E-state index contributed by atoms with van der Waals surface area (Å²) in [7, 11) is 0. The van der Waals surface area contributed by atoms with Crippen molar-refractivity contribution in [3.05, 3.63) is 89.4 Å². The number of furan rings is 1. The number of carbonyl (C=O) groups excluding carboxylic acids is 2. The minimum absolute atomic E-state index is 0.0193. The Labute approximate surface area is 183 Å². The summed E-state index contributed by atoms with van der Waals surface area (Å²) < 4.78 is 34.5. The number of nitrogens with one attached hydrogen (secondary N) is 1. The van der Waals surface area contributed by atoms with Crippen molar-refractivity contribution in [2.45, 2.75) is 38.6 Å². The summed E-state index contributed by atoms with van der Waals surface area (Å²) in [6, 6.07) is 16.4. The van der Waals surface area contributed by atoms with Crippen molar-refractivity contribution in [1.82, 2.24) is 10.2 Å². The Balaban J connectivity index is 1.48. The van der Waals surface area contributed by atoms with Gasteiger partial charge in [0.25, 0.3) is 11.8 Å². The molecule has 0 bridgehead atoms. The van der Waals surface area contributed by atoms with Gasteiger partial charge in [0, 0.05) is 23.7 Å². The van der Waals surface area contributed by atoms with Crippen molar-refractivity contribution < 1.29 is 27.5 Å². The summed E-state index contributed by atoms with van der Waals surface area (Å²) >= 11 is 0. The van der Waals surface area contributed by atoms with Crippen LogP contribution >= 0.6 is 0 Å². The molecular formula is C24H22F2N2O4. The molecule has 0 radical (unpaired) electrons. The van der Waals surface area contributed by atoms with Crippen LogP contribution in [0.5, 0.6) is 5.75 Å². The summed E-state index contributed by atoms with van der Waals surface area (Å²) in [5, 5.41) is 2.94. The van der Waals surface area contributed by atoms with E-state index in [1.54, 1.807) is 29.2 Å². The molecule has 1 fully saturated rings. The van der Waals surface area contributed by atoms with Crippen molar-refractivity contribution in [2.75, 3.05) is 0 Å². The Bertz CT molecular complexity index is 1050. The first kappa shape index (κ1) is 21.5. The van der Waals surface area contributed by atoms with Crippen LogP contribution in [0.4, 0.5) is 8.78 Å². The molecule has 0 atom stereocenters. The Morgan fingerprint density at radius 3 is 2.28 bits per heavy atom. The van der Waals surface area contributed by atoms with Gasteiger partial charge >= 0.3 is 6.61 Å². The highest BCUT2D eigenvalue weighted by atomic mass is 19.3. The first-order valence-corrected chi connectivity index (χ1v) is 10.2. The number of ether oxygens (including phenoxy) is 1. The zero-order valence-corrected chi connectivity index (χ0v) is 17.2. The average Bonchev–Trinajstić information content (AvgIpc) is 3.45. The number of nitrogens with zero attached hydrogens (tertiary/aromatic N) is 1. The summed E-state index contributed by atoms with van der Waals surface area (Å²) in [5.74, 6) is 0.194. The summed E-state index contributed by atoms with van der Waals surface area (Å²) in [6.07, 6.45) is 3.56. The molecule has 1 N–H and O–H groups in total. The van der Waals surface area contributed by atoms with Gasteiger partial charge in [-0.1, -0.05) is 12.1 Å². The zero-order valence-electron chi connectivity index (χ0n) is 17.2. The Hall–Kier alpha value is -3.68. The average molecular weight is 440 g/mol. The Morgan fingerprint density at radius 1 is 1.00 bits per heavy atom. The molecule has 2 amide bonds. The third-order valence-electron chi connectivity index (χ3n) is 5.04. The number of carbonyl (C=O) groups is 2. The van der Waals surface area contributed by atoms with Gasteiger partial charge in [-0.05, 0) is 66.9 Å². The number of rotatable bonds is 9. The Morgan fingerprint density at radius 2 is 1.69 bits per heavy atom. The summed E-state index contributed by atoms with van der Waals surface area (Å²) in [4.78, 5) is 26.9. The fraction of sp³-hybridized carbons (Fsp3) is 0.250.